The summed E-state index contributed by atoms with van der Waals surface area (Å²) >= 11 is 0. The molecule has 2 aliphatic rings. The van der Waals surface area contributed by atoms with E-state index < -0.39 is 5.41 Å². The third kappa shape index (κ3) is 6.54. The number of hydrogen-bond acceptors (Lipinski definition) is 3. The van der Waals surface area contributed by atoms with Gasteiger partial charge in [0.15, 0.2) is 0 Å². The van der Waals surface area contributed by atoms with Gasteiger partial charge >= 0.3 is 0 Å². The molecule has 0 spiro atoms. The summed E-state index contributed by atoms with van der Waals surface area (Å²) in [6.07, 6.45) is 5.14. The van der Waals surface area contributed by atoms with Crippen molar-refractivity contribution in [3.63, 3.8) is 0 Å². The normalized spacial score (nSPS) is 13.5. The van der Waals surface area contributed by atoms with Crippen molar-refractivity contribution in [2.45, 2.75) is 11.8 Å². The van der Waals surface area contributed by atoms with Crippen LogP contribution in [0.5, 0.6) is 5.75 Å². The number of allylic oxidation sites excluding steroid dienone is 2. The molecule has 0 saturated heterocycles. The van der Waals surface area contributed by atoms with Crippen LogP contribution in [0, 0.1) is 0 Å². The highest BCUT2D eigenvalue weighted by Gasteiger charge is 2.46. The summed E-state index contributed by atoms with van der Waals surface area (Å²) in [7, 11) is 0. The van der Waals surface area contributed by atoms with E-state index in [0.29, 0.717) is 0 Å². The fraction of sp³-hybridized carbons (Fsp3) is 0.0333. The number of rotatable bonds is 8. The Morgan fingerprint density at radius 2 is 1.03 bits per heavy atom. The Kier molecular flexibility index (Phi) is 9.44. The molecule has 0 saturated carbocycles. The first kappa shape index (κ1) is 37.8. The van der Waals surface area contributed by atoms with Gasteiger partial charge in [-0.3, -0.25) is 0 Å². The molecule has 3 heteroatoms. The predicted molar refractivity (Wildman–Crippen MR) is 262 cm³/mol. The topological polar surface area (TPSA) is 26.7 Å². The van der Waals surface area contributed by atoms with Gasteiger partial charge in [0, 0.05) is 34.1 Å². The molecule has 63 heavy (non-hydrogen) atoms. The summed E-state index contributed by atoms with van der Waals surface area (Å²) < 4.78 is 0. The summed E-state index contributed by atoms with van der Waals surface area (Å²) in [6, 6.07) is 80.0. The Hall–Kier alpha value is -8.14. The molecule has 1 aliphatic carbocycles. The number of aromatic hydroxyl groups is 1. The molecule has 0 bridgehead atoms. The minimum atomic E-state index is -0.441. The fourth-order valence-corrected chi connectivity index (χ4v) is 9.89. The summed E-state index contributed by atoms with van der Waals surface area (Å²) in [5, 5.41) is 10.3. The minimum Gasteiger partial charge on any atom is -0.508 e. The van der Waals surface area contributed by atoms with Gasteiger partial charge in [0.1, 0.15) is 5.75 Å². The molecule has 1 N–H and O–H groups in total. The van der Waals surface area contributed by atoms with Crippen molar-refractivity contribution >= 4 is 28.4 Å². The first-order valence-corrected chi connectivity index (χ1v) is 21.6. The van der Waals surface area contributed by atoms with Crippen LogP contribution < -0.4 is 9.80 Å². The smallest absolute Gasteiger partial charge is 0.115 e. The third-order valence-electron chi connectivity index (χ3n) is 12.7. The van der Waals surface area contributed by atoms with Crippen LogP contribution in [0.15, 0.2) is 249 Å². The largest absolute Gasteiger partial charge is 0.508 e. The van der Waals surface area contributed by atoms with E-state index in [1.54, 1.807) is 12.1 Å². The summed E-state index contributed by atoms with van der Waals surface area (Å²) in [5.41, 5.74) is 19.2. The lowest BCUT2D eigenvalue weighted by Crippen LogP contribution is -2.28. The van der Waals surface area contributed by atoms with Gasteiger partial charge < -0.3 is 14.9 Å². The SMILES string of the molecule is C=C1C=CCc2cc(-c3ccc(N(c4ccc(O)cc4)c4cccc(-c5ccc6c(c5)-c5ccccc5C6(c5ccccc5)c5ccccc5)c4)cc3)ccc2N1c1ccccc1. The molecule has 0 unspecified atom stereocenters. The van der Waals surface area contributed by atoms with Crippen molar-refractivity contribution in [2.75, 3.05) is 9.80 Å². The highest BCUT2D eigenvalue weighted by atomic mass is 16.3. The van der Waals surface area contributed by atoms with Crippen molar-refractivity contribution in [3.8, 4) is 39.1 Å². The lowest BCUT2D eigenvalue weighted by molar-refractivity contribution is 0.475. The van der Waals surface area contributed by atoms with Crippen molar-refractivity contribution in [3.05, 3.63) is 277 Å². The molecule has 3 nitrogen and oxygen atoms in total. The molecule has 300 valence electrons. The van der Waals surface area contributed by atoms with Crippen molar-refractivity contribution in [1.29, 1.82) is 0 Å². The van der Waals surface area contributed by atoms with Crippen LogP contribution in [-0.4, -0.2) is 5.11 Å². The Labute approximate surface area is 369 Å². The van der Waals surface area contributed by atoms with Gasteiger partial charge in [-0.1, -0.05) is 158 Å². The van der Waals surface area contributed by atoms with Gasteiger partial charge in [0.2, 0.25) is 0 Å². The molecular formula is C60H44N2O. The number of anilines is 5. The quantitative estimate of drug-likeness (QED) is 0.166. The van der Waals surface area contributed by atoms with Crippen LogP contribution in [0.1, 0.15) is 27.8 Å². The van der Waals surface area contributed by atoms with E-state index in [-0.39, 0.29) is 5.75 Å². The third-order valence-corrected chi connectivity index (χ3v) is 12.7. The number of para-hydroxylation sites is 1. The van der Waals surface area contributed by atoms with Gasteiger partial charge in [-0.2, -0.15) is 0 Å². The molecule has 1 aliphatic heterocycles. The van der Waals surface area contributed by atoms with Crippen LogP contribution in [0.4, 0.5) is 28.4 Å². The molecule has 9 aromatic carbocycles. The van der Waals surface area contributed by atoms with E-state index >= 15 is 0 Å². The van der Waals surface area contributed by atoms with Gasteiger partial charge in [0.25, 0.3) is 0 Å². The van der Waals surface area contributed by atoms with Crippen LogP contribution >= 0.6 is 0 Å². The lowest BCUT2D eigenvalue weighted by atomic mass is 9.67. The van der Waals surface area contributed by atoms with Gasteiger partial charge in [-0.25, -0.2) is 0 Å². The molecule has 11 rings (SSSR count). The van der Waals surface area contributed by atoms with Crippen molar-refractivity contribution < 1.29 is 5.11 Å². The minimum absolute atomic E-state index is 0.232. The first-order chi connectivity index (χ1) is 31.1. The molecule has 9 aromatic rings. The average Bonchev–Trinajstić information content (AvgIpc) is 3.53. The molecule has 0 radical (unpaired) electrons. The Balaban J connectivity index is 0.973. The number of hydrogen-bond donors (Lipinski definition) is 1. The van der Waals surface area contributed by atoms with E-state index in [4.69, 9.17) is 0 Å². The fourth-order valence-electron chi connectivity index (χ4n) is 9.89. The number of phenolic OH excluding ortho intramolecular Hbond substituents is 1. The van der Waals surface area contributed by atoms with E-state index in [9.17, 15) is 5.11 Å². The second-order valence-corrected chi connectivity index (χ2v) is 16.3. The Morgan fingerprint density at radius 3 is 1.75 bits per heavy atom. The summed E-state index contributed by atoms with van der Waals surface area (Å²) in [5.74, 6) is 0.232. The Bertz CT molecular complexity index is 3110. The highest BCUT2D eigenvalue weighted by Crippen LogP contribution is 2.56. The predicted octanol–water partition coefficient (Wildman–Crippen LogP) is 15.3. The van der Waals surface area contributed by atoms with Crippen molar-refractivity contribution in [2.24, 2.45) is 0 Å². The zero-order valence-electron chi connectivity index (χ0n) is 34.8. The maximum atomic E-state index is 10.3. The summed E-state index contributed by atoms with van der Waals surface area (Å²) in [4.78, 5) is 4.50. The van der Waals surface area contributed by atoms with E-state index in [0.717, 1.165) is 62.8 Å². The molecular weight excluding hydrogens is 765 g/mol. The standard InChI is InChI=1S/C60H44N2O/c1-42-15-13-17-47-39-45(30-38-59(47)61(42)50-22-9-4-10-23-50)43-27-31-51(32-28-43)62(52-33-35-54(63)36-34-52)53-24-14-16-44(40-53)46-29-37-58-56(41-46)55-25-11-12-26-57(55)60(58,48-18-5-2-6-19-48)49-20-7-3-8-21-49/h2-16,18-41,63H,1,17H2. The summed E-state index contributed by atoms with van der Waals surface area (Å²) in [6.45, 7) is 4.38. The lowest BCUT2D eigenvalue weighted by Gasteiger charge is -2.33. The zero-order valence-corrected chi connectivity index (χ0v) is 34.8. The maximum absolute atomic E-state index is 10.3. The molecule has 0 fully saturated rings. The average molecular weight is 809 g/mol. The number of phenols is 1. The van der Waals surface area contributed by atoms with Crippen molar-refractivity contribution in [1.82, 2.24) is 0 Å². The molecule has 0 amide bonds. The highest BCUT2D eigenvalue weighted by molar-refractivity contribution is 5.90. The van der Waals surface area contributed by atoms with Crippen LogP contribution in [-0.2, 0) is 11.8 Å². The van der Waals surface area contributed by atoms with E-state index in [1.807, 2.05) is 18.2 Å². The second-order valence-electron chi connectivity index (χ2n) is 16.3. The monoisotopic (exact) mass is 808 g/mol. The number of nitrogens with zero attached hydrogens (tertiary/aromatic N) is 2. The molecule has 0 aromatic heterocycles. The van der Waals surface area contributed by atoms with E-state index in [1.165, 1.54) is 38.9 Å². The maximum Gasteiger partial charge on any atom is 0.115 e. The van der Waals surface area contributed by atoms with Crippen LogP contribution in [0.3, 0.4) is 0 Å². The molecule has 0 atom stereocenters. The first-order valence-electron chi connectivity index (χ1n) is 21.6. The van der Waals surface area contributed by atoms with Gasteiger partial charge in [-0.05, 0) is 153 Å². The zero-order chi connectivity index (χ0) is 42.3. The van der Waals surface area contributed by atoms with Gasteiger partial charge in [0.05, 0.1) is 5.41 Å². The Morgan fingerprint density at radius 1 is 0.460 bits per heavy atom. The second kappa shape index (κ2) is 15.7. The van der Waals surface area contributed by atoms with Gasteiger partial charge in [-0.15, -0.1) is 0 Å². The van der Waals surface area contributed by atoms with Crippen LogP contribution in [0.25, 0.3) is 33.4 Å². The van der Waals surface area contributed by atoms with Crippen LogP contribution in [0.2, 0.25) is 0 Å². The number of fused-ring (bicyclic) bond motifs is 4. The number of benzene rings is 9. The molecule has 1 heterocycles. The van der Waals surface area contributed by atoms with E-state index in [2.05, 4.69) is 223 Å².